The number of nitrogens with two attached hydrogens (primary N) is 1. The SMILES string of the molecule is CCN(CC)CCc1nc(COC)c(CN)s1. The van der Waals surface area contributed by atoms with Gasteiger partial charge in [0.25, 0.3) is 0 Å². The standard InChI is InChI=1S/C12H23N3OS/c1-4-15(5-2)7-6-12-14-10(9-16-3)11(8-13)17-12/h4-9,13H2,1-3H3. The maximum atomic E-state index is 5.71. The molecule has 0 unspecified atom stereocenters. The Morgan fingerprint density at radius 3 is 2.59 bits per heavy atom. The summed E-state index contributed by atoms with van der Waals surface area (Å²) in [6.45, 7) is 8.75. The van der Waals surface area contributed by atoms with Crippen LogP contribution >= 0.6 is 11.3 Å². The molecule has 98 valence electrons. The molecule has 17 heavy (non-hydrogen) atoms. The Morgan fingerprint density at radius 1 is 1.35 bits per heavy atom. The number of aromatic nitrogens is 1. The van der Waals surface area contributed by atoms with E-state index in [2.05, 4.69) is 23.7 Å². The third-order valence-electron chi connectivity index (χ3n) is 2.83. The van der Waals surface area contributed by atoms with E-state index in [0.29, 0.717) is 13.2 Å². The average Bonchev–Trinajstić information content (AvgIpc) is 2.73. The smallest absolute Gasteiger partial charge is 0.0945 e. The molecule has 2 N–H and O–H groups in total. The summed E-state index contributed by atoms with van der Waals surface area (Å²) >= 11 is 1.72. The third kappa shape index (κ3) is 4.35. The highest BCUT2D eigenvalue weighted by molar-refractivity contribution is 7.11. The highest BCUT2D eigenvalue weighted by atomic mass is 32.1. The van der Waals surface area contributed by atoms with Gasteiger partial charge in [0.1, 0.15) is 0 Å². The van der Waals surface area contributed by atoms with Crippen LogP contribution in [-0.4, -0.2) is 36.6 Å². The second kappa shape index (κ2) is 7.76. The molecule has 1 heterocycles. The van der Waals surface area contributed by atoms with Gasteiger partial charge in [-0.05, 0) is 13.1 Å². The summed E-state index contributed by atoms with van der Waals surface area (Å²) in [5.74, 6) is 0. The second-order valence-corrected chi connectivity index (χ2v) is 5.06. The van der Waals surface area contributed by atoms with Crippen molar-refractivity contribution in [3.05, 3.63) is 15.6 Å². The largest absolute Gasteiger partial charge is 0.378 e. The van der Waals surface area contributed by atoms with Crippen LogP contribution in [0.2, 0.25) is 0 Å². The molecule has 4 nitrogen and oxygen atoms in total. The van der Waals surface area contributed by atoms with Gasteiger partial charge in [0.15, 0.2) is 0 Å². The summed E-state index contributed by atoms with van der Waals surface area (Å²) < 4.78 is 5.13. The molecule has 1 aromatic heterocycles. The molecule has 0 spiro atoms. The maximum absolute atomic E-state index is 5.71. The van der Waals surface area contributed by atoms with Crippen LogP contribution in [0.5, 0.6) is 0 Å². The van der Waals surface area contributed by atoms with Crippen molar-refractivity contribution in [3.8, 4) is 0 Å². The van der Waals surface area contributed by atoms with Crippen molar-refractivity contribution >= 4 is 11.3 Å². The van der Waals surface area contributed by atoms with Crippen molar-refractivity contribution in [2.75, 3.05) is 26.7 Å². The summed E-state index contributed by atoms with van der Waals surface area (Å²) in [6.07, 6.45) is 1.00. The van der Waals surface area contributed by atoms with E-state index in [1.54, 1.807) is 18.4 Å². The Kier molecular flexibility index (Phi) is 6.65. The first-order chi connectivity index (χ1) is 8.24. The molecule has 1 aromatic rings. The Balaban J connectivity index is 2.59. The Bertz CT molecular complexity index is 324. The van der Waals surface area contributed by atoms with Crippen molar-refractivity contribution in [1.29, 1.82) is 0 Å². The van der Waals surface area contributed by atoms with Crippen LogP contribution in [-0.2, 0) is 24.3 Å². The second-order valence-electron chi connectivity index (χ2n) is 3.89. The minimum atomic E-state index is 0.557. The quantitative estimate of drug-likeness (QED) is 0.769. The molecular formula is C12H23N3OS. The van der Waals surface area contributed by atoms with Gasteiger partial charge in [-0.1, -0.05) is 13.8 Å². The zero-order chi connectivity index (χ0) is 12.7. The van der Waals surface area contributed by atoms with E-state index in [4.69, 9.17) is 10.5 Å². The predicted molar refractivity (Wildman–Crippen MR) is 72.2 cm³/mol. The topological polar surface area (TPSA) is 51.4 Å². The number of hydrogen-bond acceptors (Lipinski definition) is 5. The lowest BCUT2D eigenvalue weighted by molar-refractivity contribution is 0.181. The average molecular weight is 257 g/mol. The first kappa shape index (κ1) is 14.6. The number of likely N-dealkylation sites (N-methyl/N-ethyl adjacent to an activating group) is 1. The zero-order valence-corrected chi connectivity index (χ0v) is 11.8. The van der Waals surface area contributed by atoms with E-state index in [1.807, 2.05) is 0 Å². The van der Waals surface area contributed by atoms with Gasteiger partial charge in [0.2, 0.25) is 0 Å². The lowest BCUT2D eigenvalue weighted by atomic mass is 10.3. The molecule has 0 aliphatic carbocycles. The van der Waals surface area contributed by atoms with E-state index in [0.717, 1.165) is 36.6 Å². The van der Waals surface area contributed by atoms with Crippen molar-refractivity contribution < 1.29 is 4.74 Å². The summed E-state index contributed by atoms with van der Waals surface area (Å²) in [6, 6.07) is 0. The molecule has 0 aliphatic rings. The van der Waals surface area contributed by atoms with E-state index in [1.165, 1.54) is 5.01 Å². The molecule has 0 saturated heterocycles. The van der Waals surface area contributed by atoms with Crippen LogP contribution in [0.25, 0.3) is 0 Å². The Morgan fingerprint density at radius 2 is 2.06 bits per heavy atom. The molecule has 0 aliphatic heterocycles. The van der Waals surface area contributed by atoms with Crippen molar-refractivity contribution in [3.63, 3.8) is 0 Å². The summed E-state index contributed by atoms with van der Waals surface area (Å²) in [5, 5.41) is 1.17. The molecule has 5 heteroatoms. The molecular weight excluding hydrogens is 234 g/mol. The maximum Gasteiger partial charge on any atom is 0.0945 e. The van der Waals surface area contributed by atoms with Crippen molar-refractivity contribution in [2.45, 2.75) is 33.4 Å². The monoisotopic (exact) mass is 257 g/mol. The van der Waals surface area contributed by atoms with Gasteiger partial charge < -0.3 is 15.4 Å². The molecule has 0 radical (unpaired) electrons. The number of thiazole rings is 1. The molecule has 0 fully saturated rings. The summed E-state index contributed by atoms with van der Waals surface area (Å²) in [5.41, 5.74) is 6.72. The van der Waals surface area contributed by atoms with E-state index in [9.17, 15) is 0 Å². The molecule has 0 atom stereocenters. The molecule has 0 aromatic carbocycles. The fraction of sp³-hybridized carbons (Fsp3) is 0.750. The van der Waals surface area contributed by atoms with Crippen LogP contribution < -0.4 is 5.73 Å². The van der Waals surface area contributed by atoms with Gasteiger partial charge in [-0.2, -0.15) is 0 Å². The van der Waals surface area contributed by atoms with Gasteiger partial charge >= 0.3 is 0 Å². The number of methoxy groups -OCH3 is 1. The molecule has 0 saturated carbocycles. The molecule has 1 rings (SSSR count). The van der Waals surface area contributed by atoms with Crippen LogP contribution in [0.4, 0.5) is 0 Å². The number of nitrogens with zero attached hydrogens (tertiary/aromatic N) is 2. The Labute approximate surface area is 108 Å². The van der Waals surface area contributed by atoms with Crippen molar-refractivity contribution in [1.82, 2.24) is 9.88 Å². The zero-order valence-electron chi connectivity index (χ0n) is 11.0. The lowest BCUT2D eigenvalue weighted by Gasteiger charge is -2.16. The molecule has 0 bridgehead atoms. The highest BCUT2D eigenvalue weighted by Crippen LogP contribution is 2.19. The van der Waals surface area contributed by atoms with Crippen LogP contribution in [0.15, 0.2) is 0 Å². The van der Waals surface area contributed by atoms with E-state index in [-0.39, 0.29) is 0 Å². The van der Waals surface area contributed by atoms with Gasteiger partial charge in [-0.15, -0.1) is 11.3 Å². The highest BCUT2D eigenvalue weighted by Gasteiger charge is 2.10. The fourth-order valence-corrected chi connectivity index (χ4v) is 2.69. The summed E-state index contributed by atoms with van der Waals surface area (Å²) in [7, 11) is 1.69. The number of hydrogen-bond donors (Lipinski definition) is 1. The van der Waals surface area contributed by atoms with E-state index >= 15 is 0 Å². The predicted octanol–water partition coefficient (Wildman–Crippen LogP) is 1.63. The Hall–Kier alpha value is -0.490. The normalized spacial score (nSPS) is 11.4. The van der Waals surface area contributed by atoms with Gasteiger partial charge in [-0.3, -0.25) is 0 Å². The summed E-state index contributed by atoms with van der Waals surface area (Å²) in [4.78, 5) is 8.15. The van der Waals surface area contributed by atoms with Gasteiger partial charge in [-0.25, -0.2) is 4.98 Å². The fourth-order valence-electron chi connectivity index (χ4n) is 1.75. The van der Waals surface area contributed by atoms with Crippen LogP contribution in [0, 0.1) is 0 Å². The lowest BCUT2D eigenvalue weighted by Crippen LogP contribution is -2.25. The van der Waals surface area contributed by atoms with Gasteiger partial charge in [0.05, 0.1) is 17.3 Å². The molecule has 0 amide bonds. The number of rotatable bonds is 8. The van der Waals surface area contributed by atoms with Gasteiger partial charge in [0, 0.05) is 31.5 Å². The number of ether oxygens (including phenoxy) is 1. The minimum absolute atomic E-state index is 0.557. The third-order valence-corrected chi connectivity index (χ3v) is 4.01. The van der Waals surface area contributed by atoms with Crippen LogP contribution in [0.3, 0.4) is 0 Å². The van der Waals surface area contributed by atoms with E-state index < -0.39 is 0 Å². The minimum Gasteiger partial charge on any atom is -0.378 e. The van der Waals surface area contributed by atoms with Crippen LogP contribution in [0.1, 0.15) is 29.4 Å². The first-order valence-corrected chi connectivity index (χ1v) is 6.95. The van der Waals surface area contributed by atoms with Crippen molar-refractivity contribution in [2.24, 2.45) is 5.73 Å². The first-order valence-electron chi connectivity index (χ1n) is 6.13.